The highest BCUT2D eigenvalue weighted by Gasteiger charge is 2.30. The van der Waals surface area contributed by atoms with Crippen molar-refractivity contribution in [1.29, 1.82) is 0 Å². The van der Waals surface area contributed by atoms with Gasteiger partial charge in [0, 0.05) is 45.1 Å². The Morgan fingerprint density at radius 3 is 2.66 bits per heavy atom. The largest absolute Gasteiger partial charge is 0.489 e. The predicted molar refractivity (Wildman–Crippen MR) is 109 cm³/mol. The second-order valence-electron chi connectivity index (χ2n) is 8.15. The minimum atomic E-state index is 0.520. The maximum absolute atomic E-state index is 6.42. The molecule has 5 rings (SSSR count). The lowest BCUT2D eigenvalue weighted by Crippen LogP contribution is -2.46. The van der Waals surface area contributed by atoms with Gasteiger partial charge in [0.1, 0.15) is 0 Å². The summed E-state index contributed by atoms with van der Waals surface area (Å²) >= 11 is 6.42. The second kappa shape index (κ2) is 8.50. The summed E-state index contributed by atoms with van der Waals surface area (Å²) in [6, 6.07) is 4.09. The first-order valence-corrected chi connectivity index (χ1v) is 11.0. The van der Waals surface area contributed by atoms with Crippen LogP contribution in [0.5, 0.6) is 11.5 Å². The molecule has 1 saturated carbocycles. The summed E-state index contributed by atoms with van der Waals surface area (Å²) in [7, 11) is 0. The van der Waals surface area contributed by atoms with Crippen molar-refractivity contribution in [2.75, 3.05) is 45.9 Å². The van der Waals surface area contributed by atoms with Crippen molar-refractivity contribution in [2.45, 2.75) is 38.1 Å². The smallest absolute Gasteiger partial charge is 0.229 e. The number of halogens is 1. The Morgan fingerprint density at radius 2 is 1.83 bits per heavy atom. The third kappa shape index (κ3) is 4.68. The van der Waals surface area contributed by atoms with Gasteiger partial charge in [-0.15, -0.1) is 0 Å². The summed E-state index contributed by atoms with van der Waals surface area (Å²) in [4.78, 5) is 9.45. The number of ether oxygens (including phenoxy) is 2. The van der Waals surface area contributed by atoms with Crippen LogP contribution in [0.3, 0.4) is 0 Å². The van der Waals surface area contributed by atoms with Gasteiger partial charge in [-0.3, -0.25) is 4.90 Å². The van der Waals surface area contributed by atoms with E-state index in [1.165, 1.54) is 18.4 Å². The van der Waals surface area contributed by atoms with Crippen molar-refractivity contribution in [3.8, 4) is 11.5 Å². The second-order valence-corrected chi connectivity index (χ2v) is 8.55. The highest BCUT2D eigenvalue weighted by atomic mass is 35.5. The first-order chi connectivity index (χ1) is 14.2. The van der Waals surface area contributed by atoms with Gasteiger partial charge >= 0.3 is 0 Å². The van der Waals surface area contributed by atoms with Crippen molar-refractivity contribution in [3.63, 3.8) is 0 Å². The van der Waals surface area contributed by atoms with Crippen molar-refractivity contribution in [3.05, 3.63) is 34.4 Å². The fraction of sp³-hybridized carbons (Fsp3) is 0.619. The molecule has 0 radical (unpaired) electrons. The van der Waals surface area contributed by atoms with E-state index >= 15 is 0 Å². The number of nitrogens with zero attached hydrogens (tertiary/aromatic N) is 4. The van der Waals surface area contributed by atoms with E-state index in [9.17, 15) is 0 Å². The maximum atomic E-state index is 6.42. The Kier molecular flexibility index (Phi) is 5.61. The highest BCUT2D eigenvalue weighted by Crippen LogP contribution is 2.39. The Labute approximate surface area is 175 Å². The van der Waals surface area contributed by atoms with Gasteiger partial charge in [-0.25, -0.2) is 0 Å². The van der Waals surface area contributed by atoms with Crippen LogP contribution in [0.25, 0.3) is 0 Å². The molecule has 7 nitrogen and oxygen atoms in total. The molecule has 0 unspecified atom stereocenters. The third-order valence-corrected chi connectivity index (χ3v) is 6.10. The van der Waals surface area contributed by atoms with Crippen LogP contribution in [0.4, 0.5) is 0 Å². The van der Waals surface area contributed by atoms with Gasteiger partial charge in [-0.2, -0.15) is 4.98 Å². The molecule has 0 atom stereocenters. The van der Waals surface area contributed by atoms with Crippen LogP contribution in [0, 0.1) is 0 Å². The SMILES string of the molecule is Clc1cc(CCN2CCN(Cc3noc(C4CC4)n3)CC2)cc2c1OCCCO2. The quantitative estimate of drug-likeness (QED) is 0.714. The summed E-state index contributed by atoms with van der Waals surface area (Å²) in [5.41, 5.74) is 1.20. The van der Waals surface area contributed by atoms with Crippen LogP contribution in [-0.2, 0) is 13.0 Å². The van der Waals surface area contributed by atoms with Gasteiger partial charge in [0.15, 0.2) is 17.3 Å². The van der Waals surface area contributed by atoms with Gasteiger partial charge in [0.25, 0.3) is 0 Å². The molecule has 2 aromatic rings. The minimum Gasteiger partial charge on any atom is -0.489 e. The first-order valence-electron chi connectivity index (χ1n) is 10.6. The first kappa shape index (κ1) is 19.2. The molecule has 1 aromatic carbocycles. The van der Waals surface area contributed by atoms with E-state index in [0.717, 1.165) is 69.6 Å². The number of hydrogen-bond acceptors (Lipinski definition) is 7. The van der Waals surface area contributed by atoms with Crippen LogP contribution < -0.4 is 9.47 Å². The van der Waals surface area contributed by atoms with E-state index in [1.807, 2.05) is 6.07 Å². The van der Waals surface area contributed by atoms with Crippen molar-refractivity contribution < 1.29 is 14.0 Å². The topological polar surface area (TPSA) is 63.9 Å². The van der Waals surface area contributed by atoms with Crippen molar-refractivity contribution in [2.24, 2.45) is 0 Å². The molecule has 3 heterocycles. The molecule has 2 aliphatic heterocycles. The zero-order chi connectivity index (χ0) is 19.6. The van der Waals surface area contributed by atoms with Crippen molar-refractivity contribution >= 4 is 11.6 Å². The fourth-order valence-corrected chi connectivity index (χ4v) is 4.20. The summed E-state index contributed by atoms with van der Waals surface area (Å²) < 4.78 is 16.9. The maximum Gasteiger partial charge on any atom is 0.229 e. The standard InChI is InChI=1S/C21H27ClN4O3/c22-17-12-15(13-18-20(17)28-11-1-10-27-18)4-5-25-6-8-26(9-7-25)14-19-23-21(29-24-19)16-2-3-16/h12-13,16H,1-11,14H2. The van der Waals surface area contributed by atoms with Gasteiger partial charge in [-0.1, -0.05) is 16.8 Å². The molecular formula is C21H27ClN4O3. The molecule has 8 heteroatoms. The van der Waals surface area contributed by atoms with Crippen LogP contribution in [0.15, 0.2) is 16.7 Å². The molecule has 29 heavy (non-hydrogen) atoms. The normalized spacial score (nSPS) is 20.6. The number of aromatic nitrogens is 2. The number of hydrogen-bond donors (Lipinski definition) is 0. The lowest BCUT2D eigenvalue weighted by molar-refractivity contribution is 0.125. The van der Waals surface area contributed by atoms with Gasteiger partial charge in [-0.05, 0) is 37.0 Å². The van der Waals surface area contributed by atoms with Gasteiger partial charge < -0.3 is 18.9 Å². The molecule has 0 bridgehead atoms. The van der Waals surface area contributed by atoms with E-state index in [4.69, 9.17) is 25.6 Å². The number of rotatable bonds is 6. The lowest BCUT2D eigenvalue weighted by atomic mass is 10.1. The molecule has 1 aromatic heterocycles. The van der Waals surface area contributed by atoms with E-state index in [2.05, 4.69) is 26.0 Å². The lowest BCUT2D eigenvalue weighted by Gasteiger charge is -2.34. The molecule has 0 amide bonds. The Balaban J connectivity index is 1.10. The zero-order valence-corrected chi connectivity index (χ0v) is 17.4. The molecule has 1 aliphatic carbocycles. The predicted octanol–water partition coefficient (Wildman–Crippen LogP) is 3.12. The van der Waals surface area contributed by atoms with Crippen LogP contribution in [0.1, 0.15) is 42.5 Å². The summed E-state index contributed by atoms with van der Waals surface area (Å²) in [5, 5.41) is 4.79. The van der Waals surface area contributed by atoms with Crippen LogP contribution in [0.2, 0.25) is 5.02 Å². The monoisotopic (exact) mass is 418 g/mol. The average Bonchev–Trinajstić information content (AvgIpc) is 3.52. The molecule has 0 N–H and O–H groups in total. The minimum absolute atomic E-state index is 0.520. The summed E-state index contributed by atoms with van der Waals surface area (Å²) in [5.74, 6) is 3.63. The molecular weight excluding hydrogens is 392 g/mol. The van der Waals surface area contributed by atoms with Crippen LogP contribution in [-0.4, -0.2) is 65.9 Å². The number of piperazine rings is 1. The van der Waals surface area contributed by atoms with Crippen molar-refractivity contribution in [1.82, 2.24) is 19.9 Å². The van der Waals surface area contributed by atoms with E-state index in [-0.39, 0.29) is 0 Å². The fourth-order valence-electron chi connectivity index (χ4n) is 3.91. The van der Waals surface area contributed by atoms with Crippen LogP contribution >= 0.6 is 11.6 Å². The molecule has 2 fully saturated rings. The number of fused-ring (bicyclic) bond motifs is 1. The molecule has 156 valence electrons. The average molecular weight is 419 g/mol. The van der Waals surface area contributed by atoms with Gasteiger partial charge in [0.2, 0.25) is 5.89 Å². The van der Waals surface area contributed by atoms with E-state index < -0.39 is 0 Å². The zero-order valence-electron chi connectivity index (χ0n) is 16.6. The molecule has 3 aliphatic rings. The summed E-state index contributed by atoms with van der Waals surface area (Å²) in [6.45, 7) is 7.26. The number of benzene rings is 1. The van der Waals surface area contributed by atoms with Gasteiger partial charge in [0.05, 0.1) is 24.8 Å². The third-order valence-electron chi connectivity index (χ3n) is 5.82. The Hall–Kier alpha value is -1.83. The molecule has 0 spiro atoms. The highest BCUT2D eigenvalue weighted by molar-refractivity contribution is 6.32. The Morgan fingerprint density at radius 1 is 1.03 bits per heavy atom. The van der Waals surface area contributed by atoms with E-state index in [0.29, 0.717) is 29.9 Å². The Bertz CT molecular complexity index is 846. The molecule has 1 saturated heterocycles. The van der Waals surface area contributed by atoms with E-state index in [1.54, 1.807) is 0 Å². The summed E-state index contributed by atoms with van der Waals surface area (Å²) in [6.07, 6.45) is 4.21.